The van der Waals surface area contributed by atoms with Crippen molar-refractivity contribution in [2.24, 2.45) is 0 Å². The Kier molecular flexibility index (Phi) is 8.04. The first-order valence-corrected chi connectivity index (χ1v) is 11.8. The molecule has 0 amide bonds. The summed E-state index contributed by atoms with van der Waals surface area (Å²) in [4.78, 5) is 6.39. The van der Waals surface area contributed by atoms with E-state index < -0.39 is 17.0 Å². The molecular weight excluding hydrogens is 432 g/mol. The van der Waals surface area contributed by atoms with E-state index in [0.29, 0.717) is 48.8 Å². The summed E-state index contributed by atoms with van der Waals surface area (Å²) >= 11 is 0. The van der Waals surface area contributed by atoms with Gasteiger partial charge in [0, 0.05) is 66.0 Å². The van der Waals surface area contributed by atoms with E-state index in [0.717, 1.165) is 11.9 Å². The molecule has 0 radical (unpaired) electrons. The number of aromatic nitrogens is 3. The molecule has 1 aliphatic rings. The van der Waals surface area contributed by atoms with E-state index in [-0.39, 0.29) is 17.1 Å². The van der Waals surface area contributed by atoms with Crippen molar-refractivity contribution in [2.45, 2.75) is 12.6 Å². The van der Waals surface area contributed by atoms with Gasteiger partial charge in [0.15, 0.2) is 6.23 Å². The van der Waals surface area contributed by atoms with Crippen molar-refractivity contribution in [1.82, 2.24) is 19.5 Å². The number of aliphatic hydroxyl groups excluding tert-OH is 1. The highest BCUT2D eigenvalue weighted by atomic mass is 32.2. The normalized spacial score (nSPS) is 16.7. The molecule has 0 bridgehead atoms. The lowest BCUT2D eigenvalue weighted by Gasteiger charge is -2.26. The molecular formula is C21H28N6O4S. The summed E-state index contributed by atoms with van der Waals surface area (Å²) < 4.78 is 18.9. The highest BCUT2D eigenvalue weighted by Gasteiger charge is 2.23. The topological polar surface area (TPSA) is 147 Å². The van der Waals surface area contributed by atoms with Crippen molar-refractivity contribution in [3.05, 3.63) is 59.7 Å². The lowest BCUT2D eigenvalue weighted by atomic mass is 10.0. The minimum absolute atomic E-state index is 0. The molecule has 0 saturated carbocycles. The Morgan fingerprint density at radius 1 is 1.31 bits per heavy atom. The number of nitrogens with zero attached hydrogens (tertiary/aromatic N) is 4. The average Bonchev–Trinajstić information content (AvgIpc) is 3.02. The van der Waals surface area contributed by atoms with E-state index in [4.69, 9.17) is 10.1 Å². The number of aliphatic hydroxyl groups is 1. The van der Waals surface area contributed by atoms with Crippen LogP contribution in [-0.2, 0) is 15.5 Å². The molecule has 11 heteroatoms. The summed E-state index contributed by atoms with van der Waals surface area (Å²) in [7, 11) is -1.08. The van der Waals surface area contributed by atoms with Crippen molar-refractivity contribution >= 4 is 27.7 Å². The molecule has 4 rings (SSSR count). The Morgan fingerprint density at radius 3 is 2.97 bits per heavy atom. The van der Waals surface area contributed by atoms with Crippen LogP contribution in [0.3, 0.4) is 0 Å². The molecule has 2 atom stereocenters. The number of ether oxygens (including phenoxy) is 1. The number of anilines is 1. The molecule has 1 aliphatic heterocycles. The third-order valence-corrected chi connectivity index (χ3v) is 5.77. The van der Waals surface area contributed by atoms with E-state index >= 15 is 0 Å². The predicted octanol–water partition coefficient (Wildman–Crippen LogP) is 0.782. The van der Waals surface area contributed by atoms with E-state index in [9.17, 15) is 9.32 Å². The lowest BCUT2D eigenvalue weighted by Crippen LogP contribution is -2.31. The lowest BCUT2D eigenvalue weighted by molar-refractivity contribution is -0.00253. The van der Waals surface area contributed by atoms with E-state index in [2.05, 4.69) is 15.4 Å². The van der Waals surface area contributed by atoms with Crippen LogP contribution in [0.4, 0.5) is 5.69 Å². The van der Waals surface area contributed by atoms with Gasteiger partial charge >= 0.3 is 0 Å². The van der Waals surface area contributed by atoms with Crippen molar-refractivity contribution in [1.29, 1.82) is 5.41 Å². The van der Waals surface area contributed by atoms with E-state index in [1.165, 1.54) is 0 Å². The third-order valence-electron chi connectivity index (χ3n) is 5.22. The molecule has 4 heterocycles. The standard InChI is InChI=1S/C21H26N6O3S.H2O/c1-31(29)14-24-17-11-18(21(28)26-6-4-9-30-10-8-26)23-12-15(17)20(22)16-13-25-27-7-3-2-5-19(16)27;/h2-3,5,7,11-13,21-22,28H,4,6,8-10,14H2,1H3,(H,23,24);1H2. The zero-order valence-electron chi connectivity index (χ0n) is 17.8. The first kappa shape index (κ1) is 24.0. The second kappa shape index (κ2) is 10.7. The summed E-state index contributed by atoms with van der Waals surface area (Å²) in [5, 5.41) is 27.1. The van der Waals surface area contributed by atoms with Crippen LogP contribution in [0.5, 0.6) is 0 Å². The van der Waals surface area contributed by atoms with Gasteiger partial charge in [-0.3, -0.25) is 19.5 Å². The SMILES string of the molecule is CS(=O)CNc1cc(C(O)N2CCCOCC2)ncc1C(=N)c1cnn2ccccc12.O. The van der Waals surface area contributed by atoms with Crippen LogP contribution in [0.25, 0.3) is 5.52 Å². The minimum atomic E-state index is -1.08. The molecule has 5 N–H and O–H groups in total. The molecule has 1 fully saturated rings. The van der Waals surface area contributed by atoms with Gasteiger partial charge in [0.1, 0.15) is 0 Å². The van der Waals surface area contributed by atoms with Crippen LogP contribution < -0.4 is 5.32 Å². The third kappa shape index (κ3) is 5.19. The number of pyridine rings is 2. The van der Waals surface area contributed by atoms with Crippen LogP contribution in [0, 0.1) is 5.41 Å². The molecule has 3 aromatic heterocycles. The fraction of sp³-hybridized carbons (Fsp3) is 0.381. The minimum Gasteiger partial charge on any atom is -0.412 e. The summed E-state index contributed by atoms with van der Waals surface area (Å²) in [6.45, 7) is 2.57. The van der Waals surface area contributed by atoms with Crippen LogP contribution >= 0.6 is 0 Å². The number of nitrogens with one attached hydrogen (secondary N) is 2. The summed E-state index contributed by atoms with van der Waals surface area (Å²) in [5.74, 6) is 0.228. The first-order chi connectivity index (χ1) is 15.0. The maximum absolute atomic E-state index is 11.7. The number of fused-ring (bicyclic) bond motifs is 1. The van der Waals surface area contributed by atoms with Gasteiger partial charge in [0.25, 0.3) is 0 Å². The molecule has 172 valence electrons. The van der Waals surface area contributed by atoms with Gasteiger partial charge in [-0.25, -0.2) is 4.52 Å². The summed E-state index contributed by atoms with van der Waals surface area (Å²) in [6, 6.07) is 7.41. The largest absolute Gasteiger partial charge is 0.412 e. The highest BCUT2D eigenvalue weighted by Crippen LogP contribution is 2.26. The van der Waals surface area contributed by atoms with Gasteiger partial charge in [-0.05, 0) is 24.6 Å². The van der Waals surface area contributed by atoms with Crippen LogP contribution in [0.1, 0.15) is 29.5 Å². The average molecular weight is 461 g/mol. The summed E-state index contributed by atoms with van der Waals surface area (Å²) in [6.07, 6.45) is 6.64. The Morgan fingerprint density at radius 2 is 2.16 bits per heavy atom. The second-order valence-electron chi connectivity index (χ2n) is 7.39. The van der Waals surface area contributed by atoms with E-state index in [1.807, 2.05) is 29.3 Å². The Labute approximate surface area is 188 Å². The van der Waals surface area contributed by atoms with Crippen molar-refractivity contribution in [2.75, 3.05) is 43.8 Å². The molecule has 1 saturated heterocycles. The highest BCUT2D eigenvalue weighted by molar-refractivity contribution is 7.84. The quantitative estimate of drug-likeness (QED) is 0.441. The molecule has 3 aromatic rings. The van der Waals surface area contributed by atoms with Gasteiger partial charge < -0.3 is 20.6 Å². The van der Waals surface area contributed by atoms with Gasteiger partial charge in [-0.1, -0.05) is 6.07 Å². The van der Waals surface area contributed by atoms with Crippen LogP contribution in [-0.4, -0.2) is 78.4 Å². The van der Waals surface area contributed by atoms with Gasteiger partial charge in [0.2, 0.25) is 0 Å². The number of hydrogen-bond donors (Lipinski definition) is 3. The van der Waals surface area contributed by atoms with Gasteiger partial charge in [-0.15, -0.1) is 0 Å². The molecule has 32 heavy (non-hydrogen) atoms. The zero-order chi connectivity index (χ0) is 21.8. The monoisotopic (exact) mass is 460 g/mol. The first-order valence-electron chi connectivity index (χ1n) is 10.1. The predicted molar refractivity (Wildman–Crippen MR) is 123 cm³/mol. The zero-order valence-corrected chi connectivity index (χ0v) is 18.6. The van der Waals surface area contributed by atoms with Gasteiger partial charge in [-0.2, -0.15) is 5.10 Å². The molecule has 0 spiro atoms. The van der Waals surface area contributed by atoms with E-state index in [1.54, 1.807) is 29.2 Å². The van der Waals surface area contributed by atoms with Gasteiger partial charge in [0.05, 0.1) is 35.6 Å². The van der Waals surface area contributed by atoms with Crippen LogP contribution in [0.15, 0.2) is 42.9 Å². The maximum atomic E-state index is 11.7. The van der Waals surface area contributed by atoms with Crippen molar-refractivity contribution in [3.8, 4) is 0 Å². The fourth-order valence-electron chi connectivity index (χ4n) is 3.61. The Bertz CT molecular complexity index is 1100. The maximum Gasteiger partial charge on any atom is 0.150 e. The second-order valence-corrected chi connectivity index (χ2v) is 8.82. The van der Waals surface area contributed by atoms with Crippen LogP contribution in [0.2, 0.25) is 0 Å². The van der Waals surface area contributed by atoms with Crippen molar-refractivity contribution < 1.29 is 19.5 Å². The number of hydrogen-bond acceptors (Lipinski definition) is 8. The number of rotatable bonds is 7. The molecule has 0 aliphatic carbocycles. The summed E-state index contributed by atoms with van der Waals surface area (Å²) in [5.41, 5.74) is 3.36. The molecule has 2 unspecified atom stereocenters. The fourth-order valence-corrected chi connectivity index (χ4v) is 3.97. The van der Waals surface area contributed by atoms with Crippen molar-refractivity contribution in [3.63, 3.8) is 0 Å². The smallest absolute Gasteiger partial charge is 0.150 e. The Hall–Kier alpha value is -2.70. The molecule has 10 nitrogen and oxygen atoms in total. The molecule has 0 aromatic carbocycles. The Balaban J connectivity index is 0.00000289.